The predicted octanol–water partition coefficient (Wildman–Crippen LogP) is 3.48. The smallest absolute Gasteiger partial charge is 0.254 e. The van der Waals surface area contributed by atoms with Gasteiger partial charge in [-0.1, -0.05) is 30.3 Å². The van der Waals surface area contributed by atoms with E-state index in [1.54, 1.807) is 44.0 Å². The van der Waals surface area contributed by atoms with Crippen LogP contribution in [0.15, 0.2) is 84.3 Å². The van der Waals surface area contributed by atoms with Crippen molar-refractivity contribution in [3.8, 4) is 22.6 Å². The third-order valence-corrected chi connectivity index (χ3v) is 4.20. The molecule has 0 fully saturated rings. The second kappa shape index (κ2) is 7.29. The van der Waals surface area contributed by atoms with Gasteiger partial charge in [-0.05, 0) is 17.7 Å². The molecule has 3 heterocycles. The van der Waals surface area contributed by atoms with Crippen molar-refractivity contribution < 1.29 is 4.74 Å². The predicted molar refractivity (Wildman–Crippen MR) is 103 cm³/mol. The monoisotopic (exact) mass is 358 g/mol. The van der Waals surface area contributed by atoms with Crippen LogP contribution in [0.3, 0.4) is 0 Å². The highest BCUT2D eigenvalue weighted by molar-refractivity contribution is 5.68. The fourth-order valence-corrected chi connectivity index (χ4v) is 2.81. The summed E-state index contributed by atoms with van der Waals surface area (Å²) >= 11 is 0. The van der Waals surface area contributed by atoms with Gasteiger partial charge in [0.1, 0.15) is 11.5 Å². The average Bonchev–Trinajstić information content (AvgIpc) is 3.14. The zero-order valence-corrected chi connectivity index (χ0v) is 14.8. The lowest BCUT2D eigenvalue weighted by atomic mass is 10.1. The molecule has 0 N–H and O–H groups in total. The Labute approximate surface area is 156 Å². The summed E-state index contributed by atoms with van der Waals surface area (Å²) in [6, 6.07) is 15.1. The molecule has 0 spiro atoms. The van der Waals surface area contributed by atoms with E-state index in [-0.39, 0.29) is 5.56 Å². The minimum absolute atomic E-state index is 0.139. The zero-order chi connectivity index (χ0) is 18.6. The van der Waals surface area contributed by atoms with E-state index in [4.69, 9.17) is 4.74 Å². The van der Waals surface area contributed by atoms with E-state index in [1.165, 1.54) is 16.2 Å². The van der Waals surface area contributed by atoms with Gasteiger partial charge in [0.05, 0.1) is 12.7 Å². The molecular formula is C21H18N4O2. The number of benzene rings is 1. The van der Waals surface area contributed by atoms with E-state index in [1.807, 2.05) is 29.1 Å². The van der Waals surface area contributed by atoms with Crippen LogP contribution in [0.2, 0.25) is 0 Å². The summed E-state index contributed by atoms with van der Waals surface area (Å²) in [7, 11) is 1.72. The number of hydrogen-bond donors (Lipinski definition) is 0. The molecule has 0 saturated carbocycles. The Kier molecular flexibility index (Phi) is 4.53. The zero-order valence-electron chi connectivity index (χ0n) is 14.8. The minimum atomic E-state index is -0.139. The molecule has 6 nitrogen and oxygen atoms in total. The van der Waals surface area contributed by atoms with E-state index in [2.05, 4.69) is 22.2 Å². The van der Waals surface area contributed by atoms with Gasteiger partial charge >= 0.3 is 0 Å². The molecule has 0 aliphatic heterocycles. The molecule has 6 heteroatoms. The molecule has 0 aliphatic rings. The van der Waals surface area contributed by atoms with Crippen LogP contribution in [0, 0.1) is 0 Å². The summed E-state index contributed by atoms with van der Waals surface area (Å²) in [5, 5.41) is 4.45. The van der Waals surface area contributed by atoms with Gasteiger partial charge in [-0.15, -0.1) is 0 Å². The Balaban J connectivity index is 1.69. The summed E-state index contributed by atoms with van der Waals surface area (Å²) < 4.78 is 9.33. The van der Waals surface area contributed by atoms with Gasteiger partial charge in [0.15, 0.2) is 0 Å². The molecular weight excluding hydrogens is 340 g/mol. The van der Waals surface area contributed by atoms with Crippen LogP contribution < -0.4 is 10.3 Å². The highest BCUT2D eigenvalue weighted by atomic mass is 16.5. The fraction of sp³-hybridized carbons (Fsp3) is 0.0952. The van der Waals surface area contributed by atoms with E-state index >= 15 is 0 Å². The van der Waals surface area contributed by atoms with Crippen molar-refractivity contribution in [2.45, 2.75) is 6.54 Å². The van der Waals surface area contributed by atoms with Gasteiger partial charge in [-0.3, -0.25) is 14.5 Å². The van der Waals surface area contributed by atoms with Crippen molar-refractivity contribution in [1.82, 2.24) is 19.3 Å². The van der Waals surface area contributed by atoms with Crippen LogP contribution in [0.5, 0.6) is 11.5 Å². The number of nitrogens with zero attached hydrogens (tertiary/aromatic N) is 4. The molecule has 0 atom stereocenters. The maximum absolute atomic E-state index is 12.1. The summed E-state index contributed by atoms with van der Waals surface area (Å²) in [4.78, 5) is 16.1. The molecule has 0 amide bonds. The van der Waals surface area contributed by atoms with Crippen LogP contribution in [-0.2, 0) is 13.6 Å². The first-order valence-electron chi connectivity index (χ1n) is 8.54. The van der Waals surface area contributed by atoms with Gasteiger partial charge in [0, 0.05) is 49.0 Å². The largest absolute Gasteiger partial charge is 0.456 e. The van der Waals surface area contributed by atoms with E-state index in [0.29, 0.717) is 18.0 Å². The first-order valence-corrected chi connectivity index (χ1v) is 8.54. The maximum atomic E-state index is 12.1. The SMILES string of the molecule is Cn1cc(-c2cnn(Cc3ccccc3)c2)c(Oc2ccncc2)cc1=O. The van der Waals surface area contributed by atoms with Crippen molar-refractivity contribution >= 4 is 0 Å². The van der Waals surface area contributed by atoms with Crippen molar-refractivity contribution in [2.75, 3.05) is 0 Å². The number of aryl methyl sites for hydroxylation is 1. The van der Waals surface area contributed by atoms with Gasteiger partial charge < -0.3 is 9.30 Å². The number of hydrogen-bond acceptors (Lipinski definition) is 4. The quantitative estimate of drug-likeness (QED) is 0.548. The van der Waals surface area contributed by atoms with Crippen molar-refractivity contribution in [1.29, 1.82) is 0 Å². The summed E-state index contributed by atoms with van der Waals surface area (Å²) in [5.74, 6) is 1.11. The van der Waals surface area contributed by atoms with Crippen molar-refractivity contribution in [2.24, 2.45) is 7.05 Å². The summed E-state index contributed by atoms with van der Waals surface area (Å²) in [6.07, 6.45) is 8.79. The number of aromatic nitrogens is 4. The second-order valence-corrected chi connectivity index (χ2v) is 6.20. The second-order valence-electron chi connectivity index (χ2n) is 6.20. The van der Waals surface area contributed by atoms with Crippen LogP contribution in [-0.4, -0.2) is 19.3 Å². The molecule has 4 aromatic rings. The first kappa shape index (κ1) is 16.8. The summed E-state index contributed by atoms with van der Waals surface area (Å²) in [6.45, 7) is 0.674. The standard InChI is InChI=1S/C21H18N4O2/c1-24-15-19(20(11-21(24)26)27-18-7-9-22-10-8-18)17-12-23-25(14-17)13-16-5-3-2-4-6-16/h2-12,14-15H,13H2,1H3. The molecule has 27 heavy (non-hydrogen) atoms. The molecule has 0 unspecified atom stereocenters. The van der Waals surface area contributed by atoms with Gasteiger partial charge in [0.25, 0.3) is 5.56 Å². The molecule has 4 rings (SSSR count). The fourth-order valence-electron chi connectivity index (χ4n) is 2.81. The number of rotatable bonds is 5. The lowest BCUT2D eigenvalue weighted by Crippen LogP contribution is -2.15. The molecule has 1 aromatic carbocycles. The van der Waals surface area contributed by atoms with Crippen molar-refractivity contribution in [3.05, 3.63) is 95.4 Å². The Morgan fingerprint density at radius 2 is 1.81 bits per heavy atom. The van der Waals surface area contributed by atoms with Crippen molar-refractivity contribution in [3.63, 3.8) is 0 Å². The Morgan fingerprint density at radius 1 is 1.04 bits per heavy atom. The maximum Gasteiger partial charge on any atom is 0.254 e. The van der Waals surface area contributed by atoms with E-state index in [9.17, 15) is 4.79 Å². The third-order valence-electron chi connectivity index (χ3n) is 4.20. The normalized spacial score (nSPS) is 10.7. The number of pyridine rings is 2. The lowest BCUT2D eigenvalue weighted by molar-refractivity contribution is 0.481. The third kappa shape index (κ3) is 3.79. The first-order chi connectivity index (χ1) is 13.2. The Morgan fingerprint density at radius 3 is 2.59 bits per heavy atom. The molecule has 0 saturated heterocycles. The van der Waals surface area contributed by atoms with Crippen LogP contribution >= 0.6 is 0 Å². The highest BCUT2D eigenvalue weighted by Crippen LogP contribution is 2.31. The van der Waals surface area contributed by atoms with Crippen LogP contribution in [0.1, 0.15) is 5.56 Å². The molecule has 134 valence electrons. The topological polar surface area (TPSA) is 61.9 Å². The average molecular weight is 358 g/mol. The molecule has 0 radical (unpaired) electrons. The van der Waals surface area contributed by atoms with Crippen LogP contribution in [0.4, 0.5) is 0 Å². The Hall–Kier alpha value is -3.67. The highest BCUT2D eigenvalue weighted by Gasteiger charge is 2.12. The van der Waals surface area contributed by atoms with Crippen LogP contribution in [0.25, 0.3) is 11.1 Å². The Bertz CT molecular complexity index is 1100. The molecule has 0 bridgehead atoms. The minimum Gasteiger partial charge on any atom is -0.456 e. The van der Waals surface area contributed by atoms with Gasteiger partial charge in [0.2, 0.25) is 0 Å². The van der Waals surface area contributed by atoms with Gasteiger partial charge in [-0.25, -0.2) is 0 Å². The number of ether oxygens (including phenoxy) is 1. The van der Waals surface area contributed by atoms with E-state index < -0.39 is 0 Å². The van der Waals surface area contributed by atoms with Gasteiger partial charge in [-0.2, -0.15) is 5.10 Å². The molecule has 0 aliphatic carbocycles. The lowest BCUT2D eigenvalue weighted by Gasteiger charge is -2.11. The molecule has 3 aromatic heterocycles. The summed E-state index contributed by atoms with van der Waals surface area (Å²) in [5.41, 5.74) is 2.71. The van der Waals surface area contributed by atoms with E-state index in [0.717, 1.165) is 11.1 Å².